The molecule has 35 heavy (non-hydrogen) atoms. The highest BCUT2D eigenvalue weighted by Crippen LogP contribution is 2.45. The first-order valence-electron chi connectivity index (χ1n) is 11.6. The van der Waals surface area contributed by atoms with E-state index in [1.165, 1.54) is 12.4 Å². The van der Waals surface area contributed by atoms with E-state index in [9.17, 15) is 4.79 Å². The molecule has 2 N–H and O–H groups in total. The van der Waals surface area contributed by atoms with Crippen LogP contribution in [0.3, 0.4) is 0 Å². The molecule has 0 saturated carbocycles. The van der Waals surface area contributed by atoms with Crippen molar-refractivity contribution in [2.24, 2.45) is 10.9 Å². The molecule has 1 aliphatic heterocycles. The molecule has 0 saturated heterocycles. The number of amides is 1. The van der Waals surface area contributed by atoms with E-state index in [4.69, 9.17) is 5.73 Å². The molecule has 0 spiro atoms. The molecule has 8 heteroatoms. The van der Waals surface area contributed by atoms with Crippen molar-refractivity contribution in [1.82, 2.24) is 24.4 Å². The molecule has 0 radical (unpaired) electrons. The van der Waals surface area contributed by atoms with Crippen LogP contribution >= 0.6 is 0 Å². The third-order valence-corrected chi connectivity index (χ3v) is 6.48. The number of fused-ring (bicyclic) bond motifs is 4. The maximum atomic E-state index is 12.3. The summed E-state index contributed by atoms with van der Waals surface area (Å²) < 4.78 is 2.09. The molecule has 4 heterocycles. The number of carbonyl (C=O) groups excluding carboxylic acids is 1. The Morgan fingerprint density at radius 1 is 1.31 bits per heavy atom. The Morgan fingerprint density at radius 2 is 2.14 bits per heavy atom. The number of likely N-dealkylation sites (N-methyl/N-ethyl adjacent to an activating group) is 1. The number of rotatable bonds is 6. The molecule has 5 rings (SSSR count). The van der Waals surface area contributed by atoms with Gasteiger partial charge in [-0.05, 0) is 31.3 Å². The molecule has 1 aliphatic rings. The second kappa shape index (κ2) is 9.23. The molecule has 1 unspecified atom stereocenters. The highest BCUT2D eigenvalue weighted by molar-refractivity contribution is 6.09. The number of hydrogen-bond acceptors (Lipinski definition) is 6. The summed E-state index contributed by atoms with van der Waals surface area (Å²) in [7, 11) is 2.00. The number of pyridine rings is 1. The Hall–Kier alpha value is -4.17. The van der Waals surface area contributed by atoms with Gasteiger partial charge in [-0.2, -0.15) is 0 Å². The van der Waals surface area contributed by atoms with E-state index < -0.39 is 0 Å². The van der Waals surface area contributed by atoms with E-state index >= 15 is 0 Å². The Balaban J connectivity index is 1.52. The zero-order valence-electron chi connectivity index (χ0n) is 19.8. The molecule has 3 aromatic heterocycles. The largest absolute Gasteiger partial charge is 0.383 e. The predicted molar refractivity (Wildman–Crippen MR) is 141 cm³/mol. The van der Waals surface area contributed by atoms with Gasteiger partial charge in [-0.3, -0.25) is 9.78 Å². The van der Waals surface area contributed by atoms with Crippen LogP contribution in [0.2, 0.25) is 0 Å². The van der Waals surface area contributed by atoms with Crippen LogP contribution in [0, 0.1) is 5.92 Å². The first-order chi connectivity index (χ1) is 17.0. The average molecular weight is 466 g/mol. The maximum Gasteiger partial charge on any atom is 0.269 e. The zero-order chi connectivity index (χ0) is 24.5. The second-order valence-corrected chi connectivity index (χ2v) is 8.71. The summed E-state index contributed by atoms with van der Waals surface area (Å²) in [5.74, 6) is -0.00174. The van der Waals surface area contributed by atoms with Crippen LogP contribution in [0.5, 0.6) is 0 Å². The molecule has 1 atom stereocenters. The van der Waals surface area contributed by atoms with Gasteiger partial charge >= 0.3 is 0 Å². The average Bonchev–Trinajstić information content (AvgIpc) is 3.37. The minimum Gasteiger partial charge on any atom is -0.383 e. The van der Waals surface area contributed by atoms with E-state index in [1.807, 2.05) is 43.6 Å². The lowest BCUT2D eigenvalue weighted by Crippen LogP contribution is -2.17. The summed E-state index contributed by atoms with van der Waals surface area (Å²) in [4.78, 5) is 32.0. The molecule has 0 aliphatic carbocycles. The zero-order valence-corrected chi connectivity index (χ0v) is 19.8. The van der Waals surface area contributed by atoms with Crippen molar-refractivity contribution < 1.29 is 4.79 Å². The Kier molecular flexibility index (Phi) is 5.96. The van der Waals surface area contributed by atoms with Gasteiger partial charge in [-0.15, -0.1) is 0 Å². The topological polar surface area (TPSA) is 102 Å². The molecule has 1 amide bonds. The van der Waals surface area contributed by atoms with E-state index in [-0.39, 0.29) is 11.8 Å². The second-order valence-electron chi connectivity index (χ2n) is 8.71. The number of benzene rings is 1. The van der Waals surface area contributed by atoms with Crippen molar-refractivity contribution in [3.63, 3.8) is 0 Å². The molecule has 0 bridgehead atoms. The highest BCUT2D eigenvalue weighted by Gasteiger charge is 2.33. The number of aliphatic imine (C=N–C) groups is 1. The standard InChI is InChI=1S/C27H27N7O/c1-4-33(3)11-7-10-22(35)30-14-20-15-34-25(17(20)2)23(24-26(28)31-16-32-27(24)34)19-12-18-8-5-6-9-21(18)29-13-19/h5-10,12-14,16,20H,2,4,11,15H2,1,3H3,(H2,28,31,32)/b10-7+,30-14+. The van der Waals surface area contributed by atoms with Crippen molar-refractivity contribution in [3.05, 3.63) is 67.3 Å². The highest BCUT2D eigenvalue weighted by atomic mass is 16.1. The molecular weight excluding hydrogens is 438 g/mol. The number of aromatic nitrogens is 4. The molecular formula is C27H27N7O. The van der Waals surface area contributed by atoms with E-state index in [2.05, 4.69) is 49.0 Å². The van der Waals surface area contributed by atoms with Crippen LogP contribution in [0.4, 0.5) is 5.82 Å². The summed E-state index contributed by atoms with van der Waals surface area (Å²) in [5, 5.41) is 1.82. The minimum absolute atomic E-state index is 0.131. The van der Waals surface area contributed by atoms with Crippen LogP contribution in [-0.2, 0) is 11.3 Å². The van der Waals surface area contributed by atoms with Gasteiger partial charge in [-0.25, -0.2) is 15.0 Å². The summed E-state index contributed by atoms with van der Waals surface area (Å²) >= 11 is 0. The number of nitrogen functional groups attached to an aromatic ring is 1. The van der Waals surface area contributed by atoms with Gasteiger partial charge in [0.25, 0.3) is 5.91 Å². The van der Waals surface area contributed by atoms with E-state index in [0.717, 1.165) is 50.9 Å². The fourth-order valence-electron chi connectivity index (χ4n) is 4.48. The number of hydrogen-bond donors (Lipinski definition) is 1. The Labute approximate surface area is 203 Å². The van der Waals surface area contributed by atoms with E-state index in [1.54, 1.807) is 6.21 Å². The number of anilines is 1. The normalized spacial score (nSPS) is 15.9. The van der Waals surface area contributed by atoms with Crippen molar-refractivity contribution in [2.75, 3.05) is 25.9 Å². The van der Waals surface area contributed by atoms with Gasteiger partial charge in [0.1, 0.15) is 17.8 Å². The number of allylic oxidation sites excluding steroid dienone is 1. The van der Waals surface area contributed by atoms with Gasteiger partial charge in [0.2, 0.25) is 0 Å². The van der Waals surface area contributed by atoms with Gasteiger partial charge in [-0.1, -0.05) is 37.8 Å². The number of para-hydroxylation sites is 1. The quantitative estimate of drug-likeness (QED) is 0.341. The summed E-state index contributed by atoms with van der Waals surface area (Å²) in [5.41, 5.74) is 11.6. The molecule has 0 fully saturated rings. The first kappa shape index (κ1) is 22.6. The molecule has 1 aromatic carbocycles. The molecule has 8 nitrogen and oxygen atoms in total. The third kappa shape index (κ3) is 4.13. The Bertz CT molecular complexity index is 1520. The van der Waals surface area contributed by atoms with Crippen molar-refractivity contribution >= 4 is 45.4 Å². The number of carbonyl (C=O) groups is 1. The lowest BCUT2D eigenvalue weighted by Gasteiger charge is -2.09. The fourth-order valence-corrected chi connectivity index (χ4v) is 4.48. The van der Waals surface area contributed by atoms with Gasteiger partial charge in [0, 0.05) is 54.0 Å². The van der Waals surface area contributed by atoms with Crippen LogP contribution in [0.1, 0.15) is 12.6 Å². The van der Waals surface area contributed by atoms with Crippen molar-refractivity contribution in [2.45, 2.75) is 13.5 Å². The van der Waals surface area contributed by atoms with E-state index in [0.29, 0.717) is 18.9 Å². The van der Waals surface area contributed by atoms with Gasteiger partial charge in [0.15, 0.2) is 0 Å². The van der Waals surface area contributed by atoms with Crippen molar-refractivity contribution in [1.29, 1.82) is 0 Å². The Morgan fingerprint density at radius 3 is 2.97 bits per heavy atom. The lowest BCUT2D eigenvalue weighted by molar-refractivity contribution is -0.113. The minimum atomic E-state index is -0.283. The predicted octanol–water partition coefficient (Wildman–Crippen LogP) is 3.98. The lowest BCUT2D eigenvalue weighted by atomic mass is 9.95. The SMILES string of the molecule is C=C1c2c(-c3cnc4ccccc4c3)c3c(N)ncnc3n2CC1/C=N/C(=O)/C=C/CN(C)CC. The smallest absolute Gasteiger partial charge is 0.269 e. The van der Waals surface area contributed by atoms with Crippen LogP contribution in [0.15, 0.2) is 66.6 Å². The summed E-state index contributed by atoms with van der Waals surface area (Å²) in [6.07, 6.45) is 8.34. The number of nitrogens with zero attached hydrogens (tertiary/aromatic N) is 6. The molecule has 4 aromatic rings. The summed E-state index contributed by atoms with van der Waals surface area (Å²) in [6, 6.07) is 10.1. The summed E-state index contributed by atoms with van der Waals surface area (Å²) in [6.45, 7) is 8.63. The van der Waals surface area contributed by atoms with Crippen LogP contribution in [0.25, 0.3) is 38.6 Å². The van der Waals surface area contributed by atoms with Crippen LogP contribution < -0.4 is 5.73 Å². The third-order valence-electron chi connectivity index (χ3n) is 6.48. The number of nitrogens with two attached hydrogens (primary N) is 1. The van der Waals surface area contributed by atoms with Gasteiger partial charge < -0.3 is 15.2 Å². The van der Waals surface area contributed by atoms with Crippen molar-refractivity contribution in [3.8, 4) is 11.1 Å². The fraction of sp³-hybridized carbons (Fsp3) is 0.222. The van der Waals surface area contributed by atoms with Gasteiger partial charge in [0.05, 0.1) is 16.6 Å². The van der Waals surface area contributed by atoms with Crippen LogP contribution in [-0.4, -0.2) is 56.7 Å². The monoisotopic (exact) mass is 465 g/mol. The first-order valence-corrected chi connectivity index (χ1v) is 11.6. The molecule has 176 valence electrons. The maximum absolute atomic E-state index is 12.3.